The molecule has 0 radical (unpaired) electrons. The van der Waals surface area contributed by atoms with Crippen LogP contribution in [0.1, 0.15) is 69.6 Å². The molecule has 3 N–H and O–H groups in total. The fraction of sp³-hybridized carbons (Fsp3) is 0.250. The van der Waals surface area contributed by atoms with Crippen LogP contribution in [0.2, 0.25) is 0 Å². The number of nitrogens with zero attached hydrogens (tertiary/aromatic N) is 3. The maximum Gasteiger partial charge on any atom is 0.133 e. The Morgan fingerprint density at radius 2 is 1.64 bits per heavy atom. The molecule has 6 nitrogen and oxygen atoms in total. The number of anilines is 2. The van der Waals surface area contributed by atoms with Gasteiger partial charge in [-0.1, -0.05) is 79.5 Å². The van der Waals surface area contributed by atoms with Crippen LogP contribution in [0.4, 0.5) is 11.5 Å². The quantitative estimate of drug-likeness (QED) is 0.168. The van der Waals surface area contributed by atoms with E-state index in [4.69, 9.17) is 4.98 Å². The lowest BCUT2D eigenvalue weighted by molar-refractivity contribution is 0.778. The predicted molar refractivity (Wildman–Crippen MR) is 182 cm³/mol. The zero-order valence-corrected chi connectivity index (χ0v) is 26.5. The molecule has 0 aliphatic rings. The van der Waals surface area contributed by atoms with E-state index in [1.54, 1.807) is 18.5 Å². The zero-order chi connectivity index (χ0) is 31.2. The molecule has 0 bridgehead atoms. The van der Waals surface area contributed by atoms with Crippen LogP contribution in [-0.2, 0) is 0 Å². The first-order valence-corrected chi connectivity index (χ1v) is 14.5. The van der Waals surface area contributed by atoms with Crippen molar-refractivity contribution in [3.05, 3.63) is 127 Å². The summed E-state index contributed by atoms with van der Waals surface area (Å²) in [5.41, 5.74) is 10.5. The number of aryl methyl sites for hydroxylation is 1. The lowest BCUT2D eigenvalue weighted by Crippen LogP contribution is -2.04. The molecule has 0 aliphatic heterocycles. The number of allylic oxidation sites excluding steroid dienone is 3. The molecule has 0 amide bonds. The summed E-state index contributed by atoms with van der Waals surface area (Å²) in [6.07, 6.45) is 12.9. The molecule has 4 heterocycles. The standard InChI is InChI=1S/C32H34N6.2C2H6/c1-8-10-28(24-11-9-12-34-16-24)30-15-31(38-23(30)6)21(4)29-14-26(18-36-32(29)33-7)25-13-27(19-35-17-25)37-22(5)20(2)3;2*1-2/h8-20,37-38H,1,4-5H2,2-3,6-7H3,(H,33,36);2*1-2H3/b28-10-;;. The largest absolute Gasteiger partial charge is 0.373 e. The summed E-state index contributed by atoms with van der Waals surface area (Å²) < 4.78 is 0. The predicted octanol–water partition coefficient (Wildman–Crippen LogP) is 9.53. The van der Waals surface area contributed by atoms with Gasteiger partial charge in [-0.2, -0.15) is 0 Å². The van der Waals surface area contributed by atoms with Crippen LogP contribution < -0.4 is 10.6 Å². The van der Waals surface area contributed by atoms with Gasteiger partial charge < -0.3 is 15.6 Å². The molecule has 0 saturated carbocycles. The summed E-state index contributed by atoms with van der Waals surface area (Å²) in [5.74, 6) is 1.07. The molecule has 0 fully saturated rings. The summed E-state index contributed by atoms with van der Waals surface area (Å²) in [7, 11) is 1.86. The monoisotopic (exact) mass is 562 g/mol. The van der Waals surface area contributed by atoms with Gasteiger partial charge in [-0.05, 0) is 42.7 Å². The van der Waals surface area contributed by atoms with E-state index in [1.807, 2.05) is 71.5 Å². The second-order valence-electron chi connectivity index (χ2n) is 9.40. The number of hydrogen-bond acceptors (Lipinski definition) is 5. The Hall–Kier alpha value is -4.71. The van der Waals surface area contributed by atoms with E-state index in [1.165, 1.54) is 0 Å². The van der Waals surface area contributed by atoms with Gasteiger partial charge in [-0.3, -0.25) is 9.97 Å². The third kappa shape index (κ3) is 8.16. The van der Waals surface area contributed by atoms with Crippen LogP contribution in [0.15, 0.2) is 98.9 Å². The summed E-state index contributed by atoms with van der Waals surface area (Å²) in [6.45, 7) is 26.7. The van der Waals surface area contributed by atoms with Gasteiger partial charge in [-0.15, -0.1) is 0 Å². The maximum absolute atomic E-state index is 4.70. The fourth-order valence-corrected chi connectivity index (χ4v) is 4.17. The van der Waals surface area contributed by atoms with Crippen molar-refractivity contribution in [3.8, 4) is 11.1 Å². The third-order valence-corrected chi connectivity index (χ3v) is 6.41. The highest BCUT2D eigenvalue weighted by Crippen LogP contribution is 2.34. The minimum Gasteiger partial charge on any atom is -0.373 e. The lowest BCUT2D eigenvalue weighted by Gasteiger charge is -2.15. The fourth-order valence-electron chi connectivity index (χ4n) is 4.17. The van der Waals surface area contributed by atoms with Crippen molar-refractivity contribution in [2.24, 2.45) is 5.92 Å². The van der Waals surface area contributed by atoms with E-state index in [-0.39, 0.29) is 0 Å². The van der Waals surface area contributed by atoms with Gasteiger partial charge in [0.1, 0.15) is 5.82 Å². The number of aromatic nitrogens is 4. The molecule has 0 unspecified atom stereocenters. The summed E-state index contributed by atoms with van der Waals surface area (Å²) in [5, 5.41) is 6.56. The van der Waals surface area contributed by atoms with Crippen LogP contribution in [0.5, 0.6) is 0 Å². The van der Waals surface area contributed by atoms with Gasteiger partial charge in [0.25, 0.3) is 0 Å². The number of rotatable bonds is 10. The van der Waals surface area contributed by atoms with Gasteiger partial charge in [0.05, 0.1) is 11.9 Å². The molecule has 0 aromatic carbocycles. The topological polar surface area (TPSA) is 78.5 Å². The number of nitrogens with one attached hydrogen (secondary N) is 3. The third-order valence-electron chi connectivity index (χ3n) is 6.41. The lowest BCUT2D eigenvalue weighted by atomic mass is 9.97. The summed E-state index contributed by atoms with van der Waals surface area (Å²) >= 11 is 0. The molecule has 4 rings (SSSR count). The van der Waals surface area contributed by atoms with Crippen LogP contribution in [-0.4, -0.2) is 27.0 Å². The van der Waals surface area contributed by atoms with E-state index in [9.17, 15) is 0 Å². The van der Waals surface area contributed by atoms with E-state index < -0.39 is 0 Å². The van der Waals surface area contributed by atoms with Gasteiger partial charge in [0.15, 0.2) is 0 Å². The van der Waals surface area contributed by atoms with Crippen LogP contribution in [0.25, 0.3) is 22.3 Å². The molecular weight excluding hydrogens is 516 g/mol. The molecule has 4 aromatic heterocycles. The van der Waals surface area contributed by atoms with Gasteiger partial charge in [-0.25, -0.2) is 4.98 Å². The van der Waals surface area contributed by atoms with Crippen molar-refractivity contribution in [2.75, 3.05) is 17.7 Å². The minimum absolute atomic E-state index is 0.319. The Balaban J connectivity index is 0.00000148. The molecule has 4 aromatic rings. The minimum atomic E-state index is 0.319. The van der Waals surface area contributed by atoms with Crippen molar-refractivity contribution in [3.63, 3.8) is 0 Å². The molecule has 0 aliphatic carbocycles. The van der Waals surface area contributed by atoms with Gasteiger partial charge in [0.2, 0.25) is 0 Å². The zero-order valence-electron chi connectivity index (χ0n) is 26.5. The SMILES string of the molecule is C=C/C=C(/c1cccnc1)c1cc(C(=C)c2cc(-c3cncc(NC(=C)C(C)C)c3)cnc2NC)[nH]c1C.CC.CC. The van der Waals surface area contributed by atoms with Crippen LogP contribution in [0, 0.1) is 12.8 Å². The number of H-pyrrole nitrogens is 1. The number of aromatic amines is 1. The first kappa shape index (κ1) is 33.5. The Kier molecular flexibility index (Phi) is 13.2. The maximum atomic E-state index is 4.70. The smallest absolute Gasteiger partial charge is 0.133 e. The van der Waals surface area contributed by atoms with Crippen LogP contribution in [0.3, 0.4) is 0 Å². The summed E-state index contributed by atoms with van der Waals surface area (Å²) in [6, 6.07) is 10.2. The average Bonchev–Trinajstić information content (AvgIpc) is 3.42. The van der Waals surface area contributed by atoms with Gasteiger partial charge >= 0.3 is 0 Å². The first-order valence-electron chi connectivity index (χ1n) is 14.5. The van der Waals surface area contributed by atoms with Crippen molar-refractivity contribution in [1.82, 2.24) is 19.9 Å². The highest BCUT2D eigenvalue weighted by molar-refractivity contribution is 5.88. The highest BCUT2D eigenvalue weighted by Gasteiger charge is 2.17. The first-order chi connectivity index (χ1) is 20.3. The highest BCUT2D eigenvalue weighted by atomic mass is 15.0. The molecule has 6 heteroatoms. The molecule has 0 saturated heterocycles. The van der Waals surface area contributed by atoms with Crippen molar-refractivity contribution < 1.29 is 0 Å². The van der Waals surface area contributed by atoms with E-state index >= 15 is 0 Å². The van der Waals surface area contributed by atoms with Crippen molar-refractivity contribution in [1.29, 1.82) is 0 Å². The molecule has 42 heavy (non-hydrogen) atoms. The molecule has 0 atom stereocenters. The Morgan fingerprint density at radius 1 is 0.929 bits per heavy atom. The second-order valence-corrected chi connectivity index (χ2v) is 9.40. The normalized spacial score (nSPS) is 10.5. The van der Waals surface area contributed by atoms with E-state index in [0.29, 0.717) is 5.92 Å². The van der Waals surface area contributed by atoms with Crippen molar-refractivity contribution in [2.45, 2.75) is 48.5 Å². The second kappa shape index (κ2) is 16.5. The van der Waals surface area contributed by atoms with Crippen molar-refractivity contribution >= 4 is 22.7 Å². The Morgan fingerprint density at radius 3 is 2.26 bits per heavy atom. The van der Waals surface area contributed by atoms with E-state index in [0.717, 1.165) is 67.6 Å². The van der Waals surface area contributed by atoms with E-state index in [2.05, 4.69) is 84.3 Å². The number of pyridine rings is 3. The Labute approximate surface area is 252 Å². The van der Waals surface area contributed by atoms with Gasteiger partial charge in [0, 0.05) is 82.3 Å². The number of hydrogen-bond donors (Lipinski definition) is 3. The average molecular weight is 563 g/mol. The van der Waals surface area contributed by atoms with Crippen LogP contribution >= 0.6 is 0 Å². The molecule has 220 valence electrons. The molecular formula is C36H46N6. The summed E-state index contributed by atoms with van der Waals surface area (Å²) in [4.78, 5) is 16.9. The molecule has 0 spiro atoms. The Bertz CT molecular complexity index is 1510.